The number of carbonyl (C=O) groups excluding carboxylic acids is 1. The van der Waals surface area contributed by atoms with Crippen LogP contribution in [0.1, 0.15) is 31.4 Å². The highest BCUT2D eigenvalue weighted by molar-refractivity contribution is 5.74. The number of alkyl halides is 2. The Kier molecular flexibility index (Phi) is 4.46. The molecule has 2 heterocycles. The molecule has 1 aromatic heterocycles. The fraction of sp³-hybridized carbons (Fsp3) is 0.438. The van der Waals surface area contributed by atoms with E-state index in [-0.39, 0.29) is 38.0 Å². The molecule has 3 rings (SSSR count). The first kappa shape index (κ1) is 16.4. The maximum absolute atomic E-state index is 13.2. The van der Waals surface area contributed by atoms with E-state index >= 15 is 0 Å². The second kappa shape index (κ2) is 6.54. The van der Waals surface area contributed by atoms with Crippen LogP contribution in [0.4, 0.5) is 13.6 Å². The van der Waals surface area contributed by atoms with Gasteiger partial charge in [-0.05, 0) is 24.6 Å². The summed E-state index contributed by atoms with van der Waals surface area (Å²) in [6, 6.07) is 7.03. The molecular formula is C16H19F2N5O. The molecule has 0 radical (unpaired) electrons. The molecule has 1 aliphatic rings. The van der Waals surface area contributed by atoms with Crippen molar-refractivity contribution < 1.29 is 13.6 Å². The third-order valence-corrected chi connectivity index (χ3v) is 4.20. The van der Waals surface area contributed by atoms with Crippen LogP contribution in [-0.4, -0.2) is 44.7 Å². The van der Waals surface area contributed by atoms with Crippen LogP contribution in [0.5, 0.6) is 0 Å². The van der Waals surface area contributed by atoms with Gasteiger partial charge in [-0.15, -0.1) is 0 Å². The molecule has 1 atom stereocenters. The third-order valence-electron chi connectivity index (χ3n) is 4.20. The van der Waals surface area contributed by atoms with Crippen molar-refractivity contribution in [3.8, 4) is 5.69 Å². The molecular weight excluding hydrogens is 316 g/mol. The fourth-order valence-electron chi connectivity index (χ4n) is 2.65. The minimum Gasteiger partial charge on any atom is -0.331 e. The molecule has 6 nitrogen and oxygen atoms in total. The van der Waals surface area contributed by atoms with Gasteiger partial charge in [-0.25, -0.2) is 23.2 Å². The molecule has 24 heavy (non-hydrogen) atoms. The largest absolute Gasteiger partial charge is 0.331 e. The Bertz CT molecular complexity index is 677. The minimum atomic E-state index is -2.65. The summed E-state index contributed by atoms with van der Waals surface area (Å²) >= 11 is 0. The summed E-state index contributed by atoms with van der Waals surface area (Å²) in [7, 11) is 0. The molecule has 0 aliphatic carbocycles. The van der Waals surface area contributed by atoms with Crippen LogP contribution < -0.4 is 5.32 Å². The summed E-state index contributed by atoms with van der Waals surface area (Å²) in [6.07, 6.45) is 2.51. The van der Waals surface area contributed by atoms with E-state index in [0.29, 0.717) is 0 Å². The number of amides is 2. The van der Waals surface area contributed by atoms with Gasteiger partial charge in [0.25, 0.3) is 5.92 Å². The van der Waals surface area contributed by atoms with Gasteiger partial charge in [0.2, 0.25) is 0 Å². The third kappa shape index (κ3) is 3.69. The first-order chi connectivity index (χ1) is 11.4. The van der Waals surface area contributed by atoms with Crippen LogP contribution in [0.3, 0.4) is 0 Å². The molecule has 1 aliphatic heterocycles. The number of nitrogens with zero attached hydrogens (tertiary/aromatic N) is 4. The summed E-state index contributed by atoms with van der Waals surface area (Å²) in [4.78, 5) is 17.5. The van der Waals surface area contributed by atoms with Gasteiger partial charge in [0.05, 0.1) is 11.7 Å². The van der Waals surface area contributed by atoms with Crippen molar-refractivity contribution in [2.75, 3.05) is 13.1 Å². The first-order valence-corrected chi connectivity index (χ1v) is 7.83. The molecule has 1 saturated heterocycles. The van der Waals surface area contributed by atoms with Crippen LogP contribution in [0.25, 0.3) is 5.69 Å². The van der Waals surface area contributed by atoms with Gasteiger partial charge in [0.1, 0.15) is 12.7 Å². The zero-order valence-electron chi connectivity index (χ0n) is 13.3. The molecule has 0 spiro atoms. The Morgan fingerprint density at radius 1 is 1.25 bits per heavy atom. The van der Waals surface area contributed by atoms with Gasteiger partial charge in [-0.3, -0.25) is 0 Å². The molecule has 0 unspecified atom stereocenters. The maximum Gasteiger partial charge on any atom is 0.317 e. The van der Waals surface area contributed by atoms with Crippen LogP contribution in [0.2, 0.25) is 0 Å². The standard InChI is InChI=1S/C16H19F2N5O/c1-12(21-15(24)22-8-6-16(17,18)7-9-22)13-2-4-14(5-3-13)23-11-19-10-20-23/h2-5,10-12H,6-9H2,1H3,(H,21,24)/t12-/m1/s1. The highest BCUT2D eigenvalue weighted by atomic mass is 19.3. The Morgan fingerprint density at radius 3 is 2.50 bits per heavy atom. The van der Waals surface area contributed by atoms with Crippen LogP contribution >= 0.6 is 0 Å². The lowest BCUT2D eigenvalue weighted by Crippen LogP contribution is -2.47. The average Bonchev–Trinajstić information content (AvgIpc) is 3.09. The van der Waals surface area contributed by atoms with E-state index < -0.39 is 5.92 Å². The second-order valence-electron chi connectivity index (χ2n) is 5.95. The topological polar surface area (TPSA) is 63.1 Å². The molecule has 2 amide bonds. The van der Waals surface area contributed by atoms with Crippen molar-refractivity contribution in [3.05, 3.63) is 42.5 Å². The Balaban J connectivity index is 1.58. The molecule has 1 aromatic carbocycles. The Hall–Kier alpha value is -2.51. The second-order valence-corrected chi connectivity index (χ2v) is 5.95. The van der Waals surface area contributed by atoms with Crippen molar-refractivity contribution in [2.45, 2.75) is 31.7 Å². The summed E-state index contributed by atoms with van der Waals surface area (Å²) in [5, 5.41) is 6.90. The molecule has 1 fully saturated rings. The predicted octanol–water partition coefficient (Wildman–Crippen LogP) is 2.77. The van der Waals surface area contributed by atoms with Crippen molar-refractivity contribution in [1.29, 1.82) is 0 Å². The van der Waals surface area contributed by atoms with Crippen molar-refractivity contribution in [3.63, 3.8) is 0 Å². The Morgan fingerprint density at radius 2 is 1.92 bits per heavy atom. The number of urea groups is 1. The first-order valence-electron chi connectivity index (χ1n) is 7.83. The van der Waals surface area contributed by atoms with Gasteiger partial charge in [-0.1, -0.05) is 12.1 Å². The van der Waals surface area contributed by atoms with Gasteiger partial charge in [0, 0.05) is 25.9 Å². The fourth-order valence-corrected chi connectivity index (χ4v) is 2.65. The number of halogens is 2. The Labute approximate surface area is 138 Å². The smallest absolute Gasteiger partial charge is 0.317 e. The number of benzene rings is 1. The summed E-state index contributed by atoms with van der Waals surface area (Å²) in [5.74, 6) is -2.65. The number of rotatable bonds is 3. The normalized spacial score (nSPS) is 18.2. The SMILES string of the molecule is C[C@@H](NC(=O)N1CCC(F)(F)CC1)c1ccc(-n2cncn2)cc1. The quantitative estimate of drug-likeness (QED) is 0.938. The number of likely N-dealkylation sites (tertiary alicyclic amines) is 1. The monoisotopic (exact) mass is 335 g/mol. The number of nitrogens with one attached hydrogen (secondary N) is 1. The van der Waals surface area contributed by atoms with Crippen molar-refractivity contribution in [2.24, 2.45) is 0 Å². The molecule has 128 valence electrons. The van der Waals surface area contributed by atoms with E-state index in [4.69, 9.17) is 0 Å². The highest BCUT2D eigenvalue weighted by Crippen LogP contribution is 2.27. The zero-order chi connectivity index (χ0) is 17.2. The number of carbonyl (C=O) groups is 1. The van der Waals surface area contributed by atoms with Gasteiger partial charge >= 0.3 is 6.03 Å². The molecule has 8 heteroatoms. The van der Waals surface area contributed by atoms with E-state index in [1.54, 1.807) is 11.0 Å². The number of hydrogen-bond acceptors (Lipinski definition) is 3. The molecule has 1 N–H and O–H groups in total. The summed E-state index contributed by atoms with van der Waals surface area (Å²) in [5.41, 5.74) is 1.79. The number of aromatic nitrogens is 3. The summed E-state index contributed by atoms with van der Waals surface area (Å²) in [6.45, 7) is 2.02. The van der Waals surface area contributed by atoms with E-state index in [2.05, 4.69) is 15.4 Å². The highest BCUT2D eigenvalue weighted by Gasteiger charge is 2.35. The van der Waals surface area contributed by atoms with Crippen LogP contribution in [0.15, 0.2) is 36.9 Å². The molecule has 2 aromatic rings. The zero-order valence-corrected chi connectivity index (χ0v) is 13.3. The van der Waals surface area contributed by atoms with Crippen molar-refractivity contribution in [1.82, 2.24) is 25.0 Å². The van der Waals surface area contributed by atoms with Gasteiger partial charge < -0.3 is 10.2 Å². The van der Waals surface area contributed by atoms with Gasteiger partial charge in [0.15, 0.2) is 0 Å². The lowest BCUT2D eigenvalue weighted by atomic mass is 10.1. The maximum atomic E-state index is 13.2. The summed E-state index contributed by atoms with van der Waals surface area (Å²) < 4.78 is 27.9. The number of piperidine rings is 1. The van der Waals surface area contributed by atoms with Gasteiger partial charge in [-0.2, -0.15) is 5.10 Å². The predicted molar refractivity (Wildman–Crippen MR) is 84.1 cm³/mol. The lowest BCUT2D eigenvalue weighted by molar-refractivity contribution is -0.0470. The average molecular weight is 335 g/mol. The molecule has 0 saturated carbocycles. The van der Waals surface area contributed by atoms with E-state index in [1.807, 2.05) is 31.2 Å². The minimum absolute atomic E-state index is 0.0801. The van der Waals surface area contributed by atoms with Crippen LogP contribution in [-0.2, 0) is 0 Å². The molecule has 0 bridgehead atoms. The van der Waals surface area contributed by atoms with E-state index in [0.717, 1.165) is 11.3 Å². The lowest BCUT2D eigenvalue weighted by Gasteiger charge is -2.32. The van der Waals surface area contributed by atoms with E-state index in [1.165, 1.54) is 11.2 Å². The van der Waals surface area contributed by atoms with E-state index in [9.17, 15) is 13.6 Å². The van der Waals surface area contributed by atoms with Crippen molar-refractivity contribution >= 4 is 6.03 Å². The van der Waals surface area contributed by atoms with Crippen LogP contribution in [0, 0.1) is 0 Å². The number of hydrogen-bond donors (Lipinski definition) is 1.